The van der Waals surface area contributed by atoms with Crippen LogP contribution >= 0.6 is 0 Å². The number of carbonyl (C=O) groups is 1. The van der Waals surface area contributed by atoms with Gasteiger partial charge in [0.2, 0.25) is 0 Å². The number of aromatic hydroxyl groups is 1. The molecule has 8 heteroatoms. The number of hydrogen-bond donors (Lipinski definition) is 2. The van der Waals surface area contributed by atoms with Gasteiger partial charge in [0.1, 0.15) is 11.6 Å². The molecule has 1 aliphatic heterocycles. The Morgan fingerprint density at radius 1 is 1.19 bits per heavy atom. The van der Waals surface area contributed by atoms with Gasteiger partial charge in [0, 0.05) is 19.8 Å². The Hall–Kier alpha value is -3.29. The Morgan fingerprint density at radius 3 is 2.41 bits per heavy atom. The predicted molar refractivity (Wildman–Crippen MR) is 99.8 cm³/mol. The number of phenolic OH excluding ortho intramolecular Hbond substituents is 1. The van der Waals surface area contributed by atoms with E-state index >= 15 is 0 Å². The van der Waals surface area contributed by atoms with Crippen molar-refractivity contribution in [3.8, 4) is 5.75 Å². The van der Waals surface area contributed by atoms with Crippen LogP contribution in [0.4, 0.5) is 5.82 Å². The van der Waals surface area contributed by atoms with Gasteiger partial charge in [0.15, 0.2) is 0 Å². The zero-order chi connectivity index (χ0) is 19.9. The van der Waals surface area contributed by atoms with Crippen molar-refractivity contribution in [2.75, 3.05) is 11.9 Å². The fourth-order valence-corrected chi connectivity index (χ4v) is 3.37. The maximum Gasteiger partial charge on any atom is 0.336 e. The normalized spacial score (nSPS) is 15.9. The molecule has 0 amide bonds. The Morgan fingerprint density at radius 2 is 1.81 bits per heavy atom. The molecule has 3 rings (SSSR count). The molecule has 0 unspecified atom stereocenters. The molecule has 0 fully saturated rings. The number of fused-ring (bicyclic) bond motifs is 1. The second kappa shape index (κ2) is 6.79. The summed E-state index contributed by atoms with van der Waals surface area (Å²) in [4.78, 5) is 37.9. The minimum absolute atomic E-state index is 0.0691. The van der Waals surface area contributed by atoms with E-state index in [0.29, 0.717) is 22.7 Å². The van der Waals surface area contributed by atoms with Gasteiger partial charge in [-0.3, -0.25) is 13.9 Å². The van der Waals surface area contributed by atoms with Crippen LogP contribution in [-0.4, -0.2) is 26.8 Å². The summed E-state index contributed by atoms with van der Waals surface area (Å²) in [7, 11) is 2.96. The number of phenols is 1. The Kier molecular flexibility index (Phi) is 4.65. The monoisotopic (exact) mass is 371 g/mol. The maximum atomic E-state index is 13.0. The number of hydrogen-bond acceptors (Lipinski definition) is 6. The van der Waals surface area contributed by atoms with Gasteiger partial charge >= 0.3 is 11.7 Å². The minimum Gasteiger partial charge on any atom is -0.508 e. The number of anilines is 1. The molecule has 2 N–H and O–H groups in total. The molecule has 1 atom stereocenters. The van der Waals surface area contributed by atoms with E-state index in [-0.39, 0.29) is 17.9 Å². The zero-order valence-electron chi connectivity index (χ0n) is 15.6. The fourth-order valence-electron chi connectivity index (χ4n) is 3.37. The topological polar surface area (TPSA) is 103 Å². The summed E-state index contributed by atoms with van der Waals surface area (Å²) >= 11 is 0. The first-order chi connectivity index (χ1) is 12.8. The van der Waals surface area contributed by atoms with Gasteiger partial charge in [-0.15, -0.1) is 0 Å². The van der Waals surface area contributed by atoms with Crippen LogP contribution in [0.15, 0.2) is 45.1 Å². The molecule has 2 aromatic rings. The van der Waals surface area contributed by atoms with Crippen LogP contribution in [-0.2, 0) is 23.6 Å². The molecule has 0 radical (unpaired) electrons. The highest BCUT2D eigenvalue weighted by molar-refractivity contribution is 5.94. The number of nitrogens with zero attached hydrogens (tertiary/aromatic N) is 2. The highest BCUT2D eigenvalue weighted by atomic mass is 16.5. The van der Waals surface area contributed by atoms with Crippen molar-refractivity contribution in [2.24, 2.45) is 14.1 Å². The lowest BCUT2D eigenvalue weighted by molar-refractivity contribution is -0.138. The number of esters is 1. The molecule has 1 aromatic heterocycles. The van der Waals surface area contributed by atoms with E-state index in [0.717, 1.165) is 4.57 Å². The van der Waals surface area contributed by atoms with Crippen molar-refractivity contribution in [1.29, 1.82) is 0 Å². The highest BCUT2D eigenvalue weighted by Crippen LogP contribution is 2.40. The number of benzene rings is 1. The van der Waals surface area contributed by atoms with Gasteiger partial charge in [-0.25, -0.2) is 9.59 Å². The van der Waals surface area contributed by atoms with Gasteiger partial charge in [0.25, 0.3) is 5.56 Å². The van der Waals surface area contributed by atoms with Crippen molar-refractivity contribution in [2.45, 2.75) is 19.8 Å². The molecule has 8 nitrogen and oxygen atoms in total. The summed E-state index contributed by atoms with van der Waals surface area (Å²) in [6.07, 6.45) is 0. The van der Waals surface area contributed by atoms with E-state index in [2.05, 4.69) is 5.32 Å². The third-order valence-electron chi connectivity index (χ3n) is 4.71. The lowest BCUT2D eigenvalue weighted by atomic mass is 9.82. The van der Waals surface area contributed by atoms with Crippen LogP contribution in [0.2, 0.25) is 0 Å². The Balaban J connectivity index is 2.37. The third-order valence-corrected chi connectivity index (χ3v) is 4.71. The quantitative estimate of drug-likeness (QED) is 0.786. The van der Waals surface area contributed by atoms with Gasteiger partial charge in [-0.1, -0.05) is 12.1 Å². The summed E-state index contributed by atoms with van der Waals surface area (Å²) in [5, 5.41) is 12.6. The molecule has 0 bridgehead atoms. The molecule has 1 aromatic carbocycles. The number of nitrogens with one attached hydrogen (secondary N) is 1. The number of carbonyl (C=O) groups excluding carboxylic acids is 1. The van der Waals surface area contributed by atoms with Gasteiger partial charge in [0.05, 0.1) is 23.7 Å². The van der Waals surface area contributed by atoms with Crippen LogP contribution in [0.1, 0.15) is 30.9 Å². The third kappa shape index (κ3) is 2.92. The first-order valence-corrected chi connectivity index (χ1v) is 8.51. The van der Waals surface area contributed by atoms with E-state index in [4.69, 9.17) is 4.74 Å². The lowest BCUT2D eigenvalue weighted by Crippen LogP contribution is -2.43. The second-order valence-electron chi connectivity index (χ2n) is 6.38. The standard InChI is InChI=1S/C19H21N3O5/c1-5-27-18(25)13-10(2)20-16-15(17(24)22(4)19(26)21(16)3)14(13)11-6-8-12(23)9-7-11/h6-9,14,20,23H,5H2,1-4H3/t14-/m0/s1. The summed E-state index contributed by atoms with van der Waals surface area (Å²) in [6, 6.07) is 6.27. The molecule has 1 aliphatic rings. The van der Waals surface area contributed by atoms with E-state index in [9.17, 15) is 19.5 Å². The van der Waals surface area contributed by atoms with E-state index < -0.39 is 23.1 Å². The molecule has 142 valence electrons. The van der Waals surface area contributed by atoms with Crippen LogP contribution in [0, 0.1) is 0 Å². The van der Waals surface area contributed by atoms with E-state index in [1.807, 2.05) is 0 Å². The van der Waals surface area contributed by atoms with Gasteiger partial charge in [-0.05, 0) is 31.5 Å². The van der Waals surface area contributed by atoms with Gasteiger partial charge in [-0.2, -0.15) is 0 Å². The number of rotatable bonds is 3. The average molecular weight is 371 g/mol. The van der Waals surface area contributed by atoms with Crippen LogP contribution in [0.25, 0.3) is 0 Å². The lowest BCUT2D eigenvalue weighted by Gasteiger charge is -2.30. The average Bonchev–Trinajstić information content (AvgIpc) is 2.64. The summed E-state index contributed by atoms with van der Waals surface area (Å²) in [5.41, 5.74) is 0.747. The van der Waals surface area contributed by atoms with Crippen molar-refractivity contribution in [3.63, 3.8) is 0 Å². The molecular weight excluding hydrogens is 350 g/mol. The van der Waals surface area contributed by atoms with Crippen LogP contribution in [0.3, 0.4) is 0 Å². The van der Waals surface area contributed by atoms with E-state index in [1.165, 1.54) is 23.7 Å². The smallest absolute Gasteiger partial charge is 0.336 e. The first-order valence-electron chi connectivity index (χ1n) is 8.51. The van der Waals surface area contributed by atoms with Gasteiger partial charge < -0.3 is 15.2 Å². The number of ether oxygens (including phenoxy) is 1. The number of aromatic nitrogens is 2. The molecule has 0 saturated heterocycles. The second-order valence-corrected chi connectivity index (χ2v) is 6.38. The zero-order valence-corrected chi connectivity index (χ0v) is 15.6. The molecular formula is C19H21N3O5. The molecule has 0 saturated carbocycles. The number of allylic oxidation sites excluding steroid dienone is 1. The molecule has 0 spiro atoms. The van der Waals surface area contributed by atoms with Crippen molar-refractivity contribution in [3.05, 3.63) is 67.5 Å². The SMILES string of the molecule is CCOC(=O)C1=C(C)Nc2c(c(=O)n(C)c(=O)n2C)[C@H]1c1ccc(O)cc1. The summed E-state index contributed by atoms with van der Waals surface area (Å²) in [6.45, 7) is 3.59. The highest BCUT2D eigenvalue weighted by Gasteiger charge is 2.37. The first kappa shape index (κ1) is 18.5. The van der Waals surface area contributed by atoms with Crippen molar-refractivity contribution >= 4 is 11.8 Å². The van der Waals surface area contributed by atoms with Crippen molar-refractivity contribution in [1.82, 2.24) is 9.13 Å². The largest absolute Gasteiger partial charge is 0.508 e. The van der Waals surface area contributed by atoms with Crippen LogP contribution < -0.4 is 16.6 Å². The van der Waals surface area contributed by atoms with E-state index in [1.54, 1.807) is 33.0 Å². The van der Waals surface area contributed by atoms with Crippen molar-refractivity contribution < 1.29 is 14.6 Å². The fraction of sp³-hybridized carbons (Fsp3) is 0.316. The molecule has 2 heterocycles. The summed E-state index contributed by atoms with van der Waals surface area (Å²) in [5.74, 6) is -0.861. The predicted octanol–water partition coefficient (Wildman–Crippen LogP) is 1.18. The molecule has 27 heavy (non-hydrogen) atoms. The summed E-state index contributed by atoms with van der Waals surface area (Å²) < 4.78 is 7.56. The minimum atomic E-state index is -0.730. The van der Waals surface area contributed by atoms with Crippen LogP contribution in [0.5, 0.6) is 5.75 Å². The molecule has 0 aliphatic carbocycles. The Bertz CT molecular complexity index is 1060. The maximum absolute atomic E-state index is 13.0. The Labute approximate surface area is 155 Å².